The summed E-state index contributed by atoms with van der Waals surface area (Å²) in [6, 6.07) is 16.5. The summed E-state index contributed by atoms with van der Waals surface area (Å²) in [7, 11) is 0. The number of hydrogen-bond donors (Lipinski definition) is 1. The van der Waals surface area contributed by atoms with Gasteiger partial charge < -0.3 is 14.7 Å². The van der Waals surface area contributed by atoms with E-state index in [0.29, 0.717) is 6.42 Å². The number of nitrogens with zero attached hydrogens (tertiary/aromatic N) is 1. The lowest BCUT2D eigenvalue weighted by atomic mass is 9.68. The maximum absolute atomic E-state index is 13.1. The third-order valence-electron chi connectivity index (χ3n) is 7.12. The van der Waals surface area contributed by atoms with Gasteiger partial charge in [0.05, 0.1) is 5.92 Å². The van der Waals surface area contributed by atoms with Gasteiger partial charge in [-0.3, -0.25) is 4.79 Å². The molecule has 0 radical (unpaired) electrons. The summed E-state index contributed by atoms with van der Waals surface area (Å²) in [4.78, 5) is 26.3. The Balaban J connectivity index is 1.36. The number of aliphatic carboxylic acids is 1. The molecule has 29 heavy (non-hydrogen) atoms. The van der Waals surface area contributed by atoms with E-state index in [9.17, 15) is 14.7 Å². The number of carboxylic acids is 1. The topological polar surface area (TPSA) is 66.8 Å². The number of rotatable bonds is 3. The number of carbonyl (C=O) groups excluding carboxylic acids is 1. The number of amides is 1. The van der Waals surface area contributed by atoms with Crippen LogP contribution in [0.1, 0.15) is 49.1 Å². The van der Waals surface area contributed by atoms with Crippen LogP contribution < -0.4 is 0 Å². The van der Waals surface area contributed by atoms with Gasteiger partial charge in [0.25, 0.3) is 0 Å². The van der Waals surface area contributed by atoms with Gasteiger partial charge >= 0.3 is 12.1 Å². The standard InChI is InChI=1S/C24H25NO4/c26-22(27)16-10-13-24(11-5-12-24)25(14-16)23(28)29-15-21-19-8-3-1-6-17(19)18-7-2-4-9-20(18)21/h1-4,6-9,16,21H,5,10-15H2,(H,26,27). The van der Waals surface area contributed by atoms with Crippen LogP contribution in [-0.4, -0.2) is 40.8 Å². The molecule has 0 bridgehead atoms. The Hall–Kier alpha value is -2.82. The van der Waals surface area contributed by atoms with Crippen LogP contribution >= 0.6 is 0 Å². The minimum atomic E-state index is -0.823. The first-order valence-corrected chi connectivity index (χ1v) is 10.4. The Morgan fingerprint density at radius 3 is 2.17 bits per heavy atom. The molecule has 1 aliphatic heterocycles. The molecule has 5 rings (SSSR count). The average Bonchev–Trinajstić information content (AvgIpc) is 3.04. The van der Waals surface area contributed by atoms with Gasteiger partial charge in [-0.25, -0.2) is 4.79 Å². The lowest BCUT2D eigenvalue weighted by Gasteiger charge is -2.53. The van der Waals surface area contributed by atoms with Crippen LogP contribution in [0, 0.1) is 5.92 Å². The molecule has 1 heterocycles. The molecular formula is C24H25NO4. The molecule has 2 aliphatic carbocycles. The first-order valence-electron chi connectivity index (χ1n) is 10.4. The summed E-state index contributed by atoms with van der Waals surface area (Å²) >= 11 is 0. The number of likely N-dealkylation sites (tertiary alicyclic amines) is 1. The van der Waals surface area contributed by atoms with Gasteiger partial charge in [-0.15, -0.1) is 0 Å². The SMILES string of the molecule is O=C(O)C1CCC2(CCC2)N(C(=O)OCC2c3ccccc3-c3ccccc32)C1. The lowest BCUT2D eigenvalue weighted by molar-refractivity contribution is -0.146. The highest BCUT2D eigenvalue weighted by atomic mass is 16.6. The Kier molecular flexibility index (Phi) is 4.34. The molecular weight excluding hydrogens is 366 g/mol. The van der Waals surface area contributed by atoms with Crippen LogP contribution in [-0.2, 0) is 9.53 Å². The lowest BCUT2D eigenvalue weighted by Crippen LogP contribution is -2.61. The van der Waals surface area contributed by atoms with Gasteiger partial charge in [0.15, 0.2) is 0 Å². The van der Waals surface area contributed by atoms with Crippen molar-refractivity contribution in [2.75, 3.05) is 13.2 Å². The Morgan fingerprint density at radius 2 is 1.62 bits per heavy atom. The van der Waals surface area contributed by atoms with Crippen LogP contribution in [0.15, 0.2) is 48.5 Å². The van der Waals surface area contributed by atoms with Crippen molar-refractivity contribution in [2.24, 2.45) is 5.92 Å². The summed E-state index contributed by atoms with van der Waals surface area (Å²) in [5.41, 5.74) is 4.57. The second kappa shape index (κ2) is 6.90. The first-order chi connectivity index (χ1) is 14.1. The highest BCUT2D eigenvalue weighted by molar-refractivity contribution is 5.79. The molecule has 1 saturated carbocycles. The molecule has 1 N–H and O–H groups in total. The Bertz CT molecular complexity index is 919. The monoisotopic (exact) mass is 391 g/mol. The number of carbonyl (C=O) groups is 2. The van der Waals surface area contributed by atoms with Crippen molar-refractivity contribution in [3.8, 4) is 11.1 Å². The fourth-order valence-electron chi connectivity index (χ4n) is 5.33. The first kappa shape index (κ1) is 18.2. The Labute approximate surface area is 170 Å². The summed E-state index contributed by atoms with van der Waals surface area (Å²) in [6.45, 7) is 0.531. The van der Waals surface area contributed by atoms with E-state index in [4.69, 9.17) is 4.74 Å². The molecule has 2 aromatic carbocycles. The number of benzene rings is 2. The number of hydrogen-bond acceptors (Lipinski definition) is 3. The third kappa shape index (κ3) is 2.91. The molecule has 1 atom stereocenters. The number of piperidine rings is 1. The average molecular weight is 391 g/mol. The van der Waals surface area contributed by atoms with Crippen molar-refractivity contribution >= 4 is 12.1 Å². The van der Waals surface area contributed by atoms with Crippen LogP contribution in [0.25, 0.3) is 11.1 Å². The van der Waals surface area contributed by atoms with E-state index in [1.54, 1.807) is 4.90 Å². The molecule has 3 aliphatic rings. The maximum Gasteiger partial charge on any atom is 0.410 e. The van der Waals surface area contributed by atoms with Crippen molar-refractivity contribution in [3.05, 3.63) is 59.7 Å². The van der Waals surface area contributed by atoms with E-state index in [0.717, 1.165) is 25.7 Å². The number of fused-ring (bicyclic) bond motifs is 3. The maximum atomic E-state index is 13.1. The predicted octanol–water partition coefficient (Wildman–Crippen LogP) is 4.65. The van der Waals surface area contributed by atoms with E-state index >= 15 is 0 Å². The van der Waals surface area contributed by atoms with E-state index in [2.05, 4.69) is 24.3 Å². The zero-order chi connectivity index (χ0) is 20.0. The Morgan fingerprint density at radius 1 is 1.00 bits per heavy atom. The van der Waals surface area contributed by atoms with Gasteiger partial charge in [0.2, 0.25) is 0 Å². The molecule has 2 aromatic rings. The third-order valence-corrected chi connectivity index (χ3v) is 7.12. The fourth-order valence-corrected chi connectivity index (χ4v) is 5.33. The highest BCUT2D eigenvalue weighted by Gasteiger charge is 2.50. The van der Waals surface area contributed by atoms with Gasteiger partial charge in [0, 0.05) is 18.0 Å². The van der Waals surface area contributed by atoms with Crippen LogP contribution in [0.2, 0.25) is 0 Å². The van der Waals surface area contributed by atoms with Crippen molar-refractivity contribution in [3.63, 3.8) is 0 Å². The van der Waals surface area contributed by atoms with Crippen molar-refractivity contribution in [1.82, 2.24) is 4.90 Å². The normalized spacial score (nSPS) is 21.9. The predicted molar refractivity (Wildman–Crippen MR) is 109 cm³/mol. The minimum absolute atomic E-state index is 0.0174. The summed E-state index contributed by atoms with van der Waals surface area (Å²) in [5, 5.41) is 9.44. The molecule has 1 saturated heterocycles. The number of carboxylic acid groups (broad SMARTS) is 1. The molecule has 1 spiro atoms. The second-order valence-corrected chi connectivity index (χ2v) is 8.57. The smallest absolute Gasteiger partial charge is 0.410 e. The molecule has 5 nitrogen and oxygen atoms in total. The quantitative estimate of drug-likeness (QED) is 0.827. The van der Waals surface area contributed by atoms with Crippen LogP contribution in [0.4, 0.5) is 4.79 Å². The summed E-state index contributed by atoms with van der Waals surface area (Å²) in [5.74, 6) is -1.30. The van der Waals surface area contributed by atoms with Crippen molar-refractivity contribution in [1.29, 1.82) is 0 Å². The van der Waals surface area contributed by atoms with Gasteiger partial charge in [-0.2, -0.15) is 0 Å². The zero-order valence-corrected chi connectivity index (χ0v) is 16.3. The fraction of sp³-hybridized carbons (Fsp3) is 0.417. The van der Waals surface area contributed by atoms with Gasteiger partial charge in [-0.1, -0.05) is 48.5 Å². The van der Waals surface area contributed by atoms with E-state index < -0.39 is 11.9 Å². The van der Waals surface area contributed by atoms with Gasteiger partial charge in [-0.05, 0) is 54.4 Å². The molecule has 5 heteroatoms. The largest absolute Gasteiger partial charge is 0.481 e. The molecule has 0 aromatic heterocycles. The van der Waals surface area contributed by atoms with E-state index in [-0.39, 0.29) is 30.7 Å². The summed E-state index contributed by atoms with van der Waals surface area (Å²) in [6.07, 6.45) is 4.02. The number of ether oxygens (including phenoxy) is 1. The molecule has 150 valence electrons. The van der Waals surface area contributed by atoms with E-state index in [1.807, 2.05) is 24.3 Å². The van der Waals surface area contributed by atoms with Crippen molar-refractivity contribution < 1.29 is 19.4 Å². The van der Waals surface area contributed by atoms with Crippen LogP contribution in [0.3, 0.4) is 0 Å². The van der Waals surface area contributed by atoms with Crippen LogP contribution in [0.5, 0.6) is 0 Å². The molecule has 1 unspecified atom stereocenters. The van der Waals surface area contributed by atoms with Gasteiger partial charge in [0.1, 0.15) is 6.61 Å². The minimum Gasteiger partial charge on any atom is -0.481 e. The zero-order valence-electron chi connectivity index (χ0n) is 16.3. The van der Waals surface area contributed by atoms with Crippen molar-refractivity contribution in [2.45, 2.75) is 43.6 Å². The highest BCUT2D eigenvalue weighted by Crippen LogP contribution is 2.47. The molecule has 2 fully saturated rings. The molecule has 1 amide bonds. The van der Waals surface area contributed by atoms with E-state index in [1.165, 1.54) is 22.3 Å². The summed E-state index contributed by atoms with van der Waals surface area (Å²) < 4.78 is 5.83. The second-order valence-electron chi connectivity index (χ2n) is 8.57.